The number of aryl methyl sites for hydroxylation is 1. The molecule has 0 fully saturated rings. The molecular weight excluding hydrogens is 250 g/mol. The van der Waals surface area contributed by atoms with E-state index in [1.165, 1.54) is 23.5 Å². The Labute approximate surface area is 108 Å². The van der Waals surface area contributed by atoms with Gasteiger partial charge in [0, 0.05) is 5.69 Å². The number of thiophene rings is 1. The van der Waals surface area contributed by atoms with Crippen LogP contribution in [-0.2, 0) is 0 Å². The molecule has 0 saturated heterocycles. The second-order valence-electron chi connectivity index (χ2n) is 3.75. The molecule has 2 aromatic rings. The van der Waals surface area contributed by atoms with Crippen LogP contribution in [-0.4, -0.2) is 11.9 Å². The van der Waals surface area contributed by atoms with E-state index in [-0.39, 0.29) is 11.5 Å². The maximum absolute atomic E-state index is 11.8. The quantitative estimate of drug-likeness (QED) is 0.912. The Hall–Kier alpha value is -2.14. The molecule has 0 aliphatic carbocycles. The molecule has 1 heterocycles. The van der Waals surface area contributed by atoms with Crippen LogP contribution in [0, 0.1) is 6.92 Å². The fourth-order valence-electron chi connectivity index (χ4n) is 1.52. The summed E-state index contributed by atoms with van der Waals surface area (Å²) in [7, 11) is 0. The Morgan fingerprint density at radius 1 is 1.28 bits per heavy atom. The number of carboxylic acid groups (broad SMARTS) is 1. The monoisotopic (exact) mass is 260 g/mol. The van der Waals surface area contributed by atoms with Gasteiger partial charge in [-0.15, -0.1) is 11.3 Å². The second kappa shape index (κ2) is 5.01. The molecule has 2 rings (SSSR count). The van der Waals surface area contributed by atoms with Crippen molar-refractivity contribution >= 4 is 28.9 Å². The van der Waals surface area contributed by atoms with E-state index in [2.05, 4.69) is 5.32 Å². The molecule has 92 valence electrons. The van der Waals surface area contributed by atoms with E-state index in [9.17, 15) is 14.7 Å². The van der Waals surface area contributed by atoms with Gasteiger partial charge in [-0.1, -0.05) is 12.1 Å². The Kier molecular flexibility index (Phi) is 3.43. The summed E-state index contributed by atoms with van der Waals surface area (Å²) in [6.45, 7) is 1.73. The van der Waals surface area contributed by atoms with Gasteiger partial charge in [-0.2, -0.15) is 0 Å². The molecule has 0 atom stereocenters. The van der Waals surface area contributed by atoms with Gasteiger partial charge in [0.15, 0.2) is 0 Å². The number of carboxylic acids is 1. The number of aromatic carboxylic acids is 1. The predicted molar refractivity (Wildman–Crippen MR) is 67.8 cm³/mol. The lowest BCUT2D eigenvalue weighted by Gasteiger charge is -2.10. The second-order valence-corrected chi connectivity index (χ2v) is 4.70. The summed E-state index contributed by atoms with van der Waals surface area (Å²) >= 11 is 1.35. The number of nitrogens with one attached hydrogen (secondary N) is 1. The topological polar surface area (TPSA) is 69.2 Å². The molecule has 0 aliphatic heterocycles. The van der Waals surface area contributed by atoms with Crippen LogP contribution in [0.3, 0.4) is 0 Å². The summed E-state index contributed by atoms with van der Waals surface area (Å²) in [5.74, 6) is -1.43. The standard InChI is InChI=1S/C13H11NO3S/c1-8-7-9(13(16)17)4-5-10(8)14-12(15)11-3-2-6-18-11/h2-7H,1H3,(H,14,15)(H,16,17)/p-1. The Morgan fingerprint density at radius 3 is 2.61 bits per heavy atom. The lowest BCUT2D eigenvalue weighted by molar-refractivity contribution is -0.255. The molecule has 0 radical (unpaired) electrons. The van der Waals surface area contributed by atoms with Crippen molar-refractivity contribution in [1.29, 1.82) is 0 Å². The highest BCUT2D eigenvalue weighted by atomic mass is 32.1. The highest BCUT2D eigenvalue weighted by Gasteiger charge is 2.08. The minimum Gasteiger partial charge on any atom is -0.545 e. The van der Waals surface area contributed by atoms with E-state index in [4.69, 9.17) is 0 Å². The van der Waals surface area contributed by atoms with Crippen molar-refractivity contribution in [3.63, 3.8) is 0 Å². The average molecular weight is 260 g/mol. The highest BCUT2D eigenvalue weighted by molar-refractivity contribution is 7.12. The lowest BCUT2D eigenvalue weighted by Crippen LogP contribution is -2.22. The maximum atomic E-state index is 11.8. The first-order chi connectivity index (χ1) is 8.58. The first-order valence-electron chi connectivity index (χ1n) is 5.25. The molecule has 5 heteroatoms. The fraction of sp³-hybridized carbons (Fsp3) is 0.0769. The third kappa shape index (κ3) is 2.57. The zero-order valence-corrected chi connectivity index (χ0v) is 10.4. The van der Waals surface area contributed by atoms with E-state index in [0.717, 1.165) is 0 Å². The van der Waals surface area contributed by atoms with Crippen molar-refractivity contribution in [2.75, 3.05) is 5.32 Å². The molecule has 0 spiro atoms. The van der Waals surface area contributed by atoms with Gasteiger partial charge in [0.2, 0.25) is 0 Å². The van der Waals surface area contributed by atoms with E-state index in [0.29, 0.717) is 16.1 Å². The zero-order valence-electron chi connectivity index (χ0n) is 9.60. The van der Waals surface area contributed by atoms with E-state index in [1.54, 1.807) is 25.1 Å². The SMILES string of the molecule is Cc1cc(C(=O)[O-])ccc1NC(=O)c1cccs1. The zero-order chi connectivity index (χ0) is 13.1. The van der Waals surface area contributed by atoms with Crippen molar-refractivity contribution in [2.24, 2.45) is 0 Å². The Bertz CT molecular complexity index is 590. The predicted octanol–water partition coefficient (Wildman–Crippen LogP) is 1.67. The molecule has 1 aromatic heterocycles. The summed E-state index contributed by atoms with van der Waals surface area (Å²) in [5.41, 5.74) is 1.38. The van der Waals surface area contributed by atoms with E-state index >= 15 is 0 Å². The molecular formula is C13H10NO3S-. The van der Waals surface area contributed by atoms with Gasteiger partial charge in [0.05, 0.1) is 10.8 Å². The number of carbonyl (C=O) groups is 2. The molecule has 1 aromatic carbocycles. The van der Waals surface area contributed by atoms with Gasteiger partial charge in [-0.05, 0) is 41.6 Å². The van der Waals surface area contributed by atoms with Gasteiger partial charge < -0.3 is 15.2 Å². The summed E-state index contributed by atoms with van der Waals surface area (Å²) in [5, 5.41) is 15.2. The molecule has 4 nitrogen and oxygen atoms in total. The first kappa shape index (κ1) is 12.3. The van der Waals surface area contributed by atoms with Crippen LogP contribution in [0.25, 0.3) is 0 Å². The summed E-state index contributed by atoms with van der Waals surface area (Å²) in [6, 6.07) is 7.97. The molecule has 18 heavy (non-hydrogen) atoms. The fourth-order valence-corrected chi connectivity index (χ4v) is 2.14. The molecule has 0 unspecified atom stereocenters. The van der Waals surface area contributed by atoms with Crippen LogP contribution < -0.4 is 10.4 Å². The molecule has 1 N–H and O–H groups in total. The van der Waals surface area contributed by atoms with Crippen LogP contribution in [0.1, 0.15) is 25.6 Å². The minimum absolute atomic E-state index is 0.0987. The van der Waals surface area contributed by atoms with Crippen molar-refractivity contribution in [3.05, 3.63) is 51.7 Å². The normalized spacial score (nSPS) is 10.1. The Morgan fingerprint density at radius 2 is 2.06 bits per heavy atom. The molecule has 0 saturated carbocycles. The van der Waals surface area contributed by atoms with Crippen molar-refractivity contribution in [2.45, 2.75) is 6.92 Å². The summed E-state index contributed by atoms with van der Waals surface area (Å²) in [6.07, 6.45) is 0. The summed E-state index contributed by atoms with van der Waals surface area (Å²) in [4.78, 5) is 23.1. The van der Waals surface area contributed by atoms with Crippen molar-refractivity contribution < 1.29 is 14.7 Å². The van der Waals surface area contributed by atoms with Gasteiger partial charge >= 0.3 is 0 Å². The van der Waals surface area contributed by atoms with Crippen LogP contribution in [0.4, 0.5) is 5.69 Å². The van der Waals surface area contributed by atoms with Gasteiger partial charge in [0.25, 0.3) is 5.91 Å². The summed E-state index contributed by atoms with van der Waals surface area (Å²) < 4.78 is 0. The highest BCUT2D eigenvalue weighted by Crippen LogP contribution is 2.18. The molecule has 1 amide bonds. The minimum atomic E-state index is -1.23. The third-order valence-corrected chi connectivity index (χ3v) is 3.32. The lowest BCUT2D eigenvalue weighted by atomic mass is 10.1. The van der Waals surface area contributed by atoms with Crippen LogP contribution in [0.15, 0.2) is 35.7 Å². The number of carbonyl (C=O) groups excluding carboxylic acids is 2. The molecule has 0 bridgehead atoms. The Balaban J connectivity index is 2.20. The smallest absolute Gasteiger partial charge is 0.265 e. The van der Waals surface area contributed by atoms with Crippen molar-refractivity contribution in [3.8, 4) is 0 Å². The largest absolute Gasteiger partial charge is 0.545 e. The van der Waals surface area contributed by atoms with E-state index in [1.807, 2.05) is 5.38 Å². The third-order valence-electron chi connectivity index (χ3n) is 2.46. The van der Waals surface area contributed by atoms with Crippen LogP contribution in [0.2, 0.25) is 0 Å². The van der Waals surface area contributed by atoms with Crippen LogP contribution >= 0.6 is 11.3 Å². The molecule has 0 aliphatic rings. The number of benzene rings is 1. The number of hydrogen-bond acceptors (Lipinski definition) is 4. The van der Waals surface area contributed by atoms with Crippen molar-refractivity contribution in [1.82, 2.24) is 0 Å². The van der Waals surface area contributed by atoms with Gasteiger partial charge in [-0.3, -0.25) is 4.79 Å². The van der Waals surface area contributed by atoms with Gasteiger partial charge in [-0.25, -0.2) is 0 Å². The number of amides is 1. The number of anilines is 1. The number of rotatable bonds is 3. The average Bonchev–Trinajstić information content (AvgIpc) is 2.85. The van der Waals surface area contributed by atoms with E-state index < -0.39 is 5.97 Å². The first-order valence-corrected chi connectivity index (χ1v) is 6.13. The van der Waals surface area contributed by atoms with Crippen LogP contribution in [0.5, 0.6) is 0 Å². The maximum Gasteiger partial charge on any atom is 0.265 e. The van der Waals surface area contributed by atoms with Gasteiger partial charge in [0.1, 0.15) is 0 Å². The number of hydrogen-bond donors (Lipinski definition) is 1.